The summed E-state index contributed by atoms with van der Waals surface area (Å²) in [5.41, 5.74) is 0. The normalized spacial score (nSPS) is 12.6. The largest absolute Gasteiger partial charge is 0.462 e. The van der Waals surface area contributed by atoms with Gasteiger partial charge in [0.15, 0.2) is 6.10 Å². The highest BCUT2D eigenvalue weighted by atomic mass is 16.6. The Bertz CT molecular complexity index is 1290. The predicted octanol–water partition coefficient (Wildman–Crippen LogP) is 19.8. The first-order chi connectivity index (χ1) is 34.0. The molecule has 0 aliphatic rings. The topological polar surface area (TPSA) is 78.9 Å². The van der Waals surface area contributed by atoms with Gasteiger partial charge in [-0.05, 0) is 77.0 Å². The average Bonchev–Trinajstić information content (AvgIpc) is 3.35. The molecule has 0 N–H and O–H groups in total. The van der Waals surface area contributed by atoms with Crippen molar-refractivity contribution in [3.05, 3.63) is 72.9 Å². The highest BCUT2D eigenvalue weighted by molar-refractivity contribution is 5.71. The van der Waals surface area contributed by atoms with Crippen LogP contribution < -0.4 is 0 Å². The Balaban J connectivity index is 4.36. The van der Waals surface area contributed by atoms with E-state index >= 15 is 0 Å². The van der Waals surface area contributed by atoms with E-state index in [9.17, 15) is 14.4 Å². The van der Waals surface area contributed by atoms with E-state index in [2.05, 4.69) is 87.6 Å². The van der Waals surface area contributed by atoms with Gasteiger partial charge in [-0.1, -0.05) is 267 Å². The smallest absolute Gasteiger partial charge is 0.306 e. The number of carbonyl (C=O) groups is 3. The van der Waals surface area contributed by atoms with Crippen molar-refractivity contribution in [2.75, 3.05) is 13.2 Å². The molecule has 69 heavy (non-hydrogen) atoms. The van der Waals surface area contributed by atoms with E-state index in [1.807, 2.05) is 6.08 Å². The molecule has 6 heteroatoms. The summed E-state index contributed by atoms with van der Waals surface area (Å²) < 4.78 is 16.8. The molecule has 0 bridgehead atoms. The molecule has 0 saturated heterocycles. The van der Waals surface area contributed by atoms with Crippen LogP contribution in [0.4, 0.5) is 0 Å². The molecule has 0 aromatic carbocycles. The summed E-state index contributed by atoms with van der Waals surface area (Å²) in [6.45, 7) is 6.53. The highest BCUT2D eigenvalue weighted by Crippen LogP contribution is 2.16. The fourth-order valence-electron chi connectivity index (χ4n) is 8.23. The molecule has 0 aliphatic heterocycles. The number of allylic oxidation sites excluding steroid dienone is 12. The lowest BCUT2D eigenvalue weighted by molar-refractivity contribution is -0.166. The van der Waals surface area contributed by atoms with E-state index in [4.69, 9.17) is 14.2 Å². The Morgan fingerprint density at radius 2 is 0.565 bits per heavy atom. The second-order valence-electron chi connectivity index (χ2n) is 19.6. The average molecular weight is 964 g/mol. The van der Waals surface area contributed by atoms with Crippen molar-refractivity contribution >= 4 is 17.9 Å². The minimum atomic E-state index is -0.808. The lowest BCUT2D eigenvalue weighted by atomic mass is 10.0. The van der Waals surface area contributed by atoms with Crippen LogP contribution in [0.25, 0.3) is 0 Å². The lowest BCUT2D eigenvalue weighted by Gasteiger charge is -2.18. The van der Waals surface area contributed by atoms with Crippen LogP contribution in [0.3, 0.4) is 0 Å². The van der Waals surface area contributed by atoms with Gasteiger partial charge in [0.2, 0.25) is 0 Å². The van der Waals surface area contributed by atoms with E-state index in [-0.39, 0.29) is 37.5 Å². The molecule has 0 amide bonds. The van der Waals surface area contributed by atoms with Crippen molar-refractivity contribution in [1.82, 2.24) is 0 Å². The molecule has 6 nitrogen and oxygen atoms in total. The lowest BCUT2D eigenvalue weighted by Crippen LogP contribution is -2.30. The molecule has 0 spiro atoms. The molecule has 398 valence electrons. The van der Waals surface area contributed by atoms with E-state index < -0.39 is 6.10 Å². The zero-order chi connectivity index (χ0) is 50.0. The summed E-state index contributed by atoms with van der Waals surface area (Å²) in [6.07, 6.45) is 73.4. The van der Waals surface area contributed by atoms with Crippen molar-refractivity contribution in [2.24, 2.45) is 0 Å². The van der Waals surface area contributed by atoms with Crippen LogP contribution >= 0.6 is 0 Å². The molecule has 0 fully saturated rings. The number of unbranched alkanes of at least 4 members (excludes halogenated alkanes) is 30. The number of hydrogen-bond acceptors (Lipinski definition) is 6. The third-order valence-electron chi connectivity index (χ3n) is 12.7. The van der Waals surface area contributed by atoms with Gasteiger partial charge >= 0.3 is 17.9 Å². The summed E-state index contributed by atoms with van der Waals surface area (Å²) in [4.78, 5) is 38.1. The third kappa shape index (κ3) is 55.6. The van der Waals surface area contributed by atoms with Gasteiger partial charge in [0.05, 0.1) is 0 Å². The summed E-state index contributed by atoms with van der Waals surface area (Å²) in [7, 11) is 0. The number of ether oxygens (including phenoxy) is 3. The van der Waals surface area contributed by atoms with Crippen LogP contribution in [0.15, 0.2) is 72.9 Å². The zero-order valence-corrected chi connectivity index (χ0v) is 45.6. The summed E-state index contributed by atoms with van der Waals surface area (Å²) in [6, 6.07) is 0. The molecule has 0 aliphatic carbocycles. The second kappa shape index (κ2) is 57.4. The Labute approximate surface area is 427 Å². The van der Waals surface area contributed by atoms with Gasteiger partial charge in [-0.2, -0.15) is 0 Å². The third-order valence-corrected chi connectivity index (χ3v) is 12.7. The van der Waals surface area contributed by atoms with E-state index in [0.29, 0.717) is 19.3 Å². The Kier molecular flexibility index (Phi) is 54.8. The van der Waals surface area contributed by atoms with Crippen LogP contribution in [-0.4, -0.2) is 37.2 Å². The van der Waals surface area contributed by atoms with Crippen molar-refractivity contribution in [1.29, 1.82) is 0 Å². The standard InChI is InChI=1S/C63H110O6/c1-4-7-10-13-16-19-22-24-26-28-30-31-33-35-37-39-42-44-47-50-53-56-62(65)68-59-60(69-63(66)57-54-51-48-45-40-21-18-15-12-9-6-3)58-67-61(64)55-52-49-46-43-41-38-36-34-32-29-27-25-23-20-17-14-11-8-5-2/h15,17-18,20,25,27,32,34,38,41,46,49,60H,4-14,16,19,21-24,26,28-31,33,35-37,39-40,42-45,47-48,50-59H2,1-3H3/b18-15-,20-17-,27-25-,34-32-,41-38-,49-46-/t60-/m1/s1. The van der Waals surface area contributed by atoms with E-state index in [1.54, 1.807) is 0 Å². The monoisotopic (exact) mass is 963 g/mol. The fraction of sp³-hybridized carbons (Fsp3) is 0.762. The first-order valence-corrected chi connectivity index (χ1v) is 29.4. The summed E-state index contributed by atoms with van der Waals surface area (Å²) in [5, 5.41) is 0. The van der Waals surface area contributed by atoms with Gasteiger partial charge in [-0.15, -0.1) is 0 Å². The van der Waals surface area contributed by atoms with Crippen LogP contribution in [-0.2, 0) is 28.6 Å². The van der Waals surface area contributed by atoms with Gasteiger partial charge < -0.3 is 14.2 Å². The molecule has 0 rings (SSSR count). The Morgan fingerprint density at radius 3 is 0.986 bits per heavy atom. The number of rotatable bonds is 53. The van der Waals surface area contributed by atoms with Crippen molar-refractivity contribution in [3.63, 3.8) is 0 Å². The number of hydrogen-bond donors (Lipinski definition) is 0. The number of carbonyl (C=O) groups excluding carboxylic acids is 3. The Hall–Kier alpha value is -3.15. The maximum atomic E-state index is 12.8. The van der Waals surface area contributed by atoms with Crippen LogP contribution in [0.2, 0.25) is 0 Å². The molecule has 0 saturated carbocycles. The molecule has 0 aromatic rings. The van der Waals surface area contributed by atoms with E-state index in [0.717, 1.165) is 77.0 Å². The van der Waals surface area contributed by atoms with Crippen LogP contribution in [0, 0.1) is 0 Å². The van der Waals surface area contributed by atoms with Crippen molar-refractivity contribution in [3.8, 4) is 0 Å². The van der Waals surface area contributed by atoms with Crippen LogP contribution in [0.5, 0.6) is 0 Å². The minimum absolute atomic E-state index is 0.0993. The molecule has 0 aromatic heterocycles. The van der Waals surface area contributed by atoms with Gasteiger partial charge in [0.1, 0.15) is 13.2 Å². The molecular formula is C63H110O6. The van der Waals surface area contributed by atoms with E-state index in [1.165, 1.54) is 167 Å². The van der Waals surface area contributed by atoms with Crippen molar-refractivity contribution < 1.29 is 28.6 Å². The maximum absolute atomic E-state index is 12.8. The van der Waals surface area contributed by atoms with Crippen molar-refractivity contribution in [2.45, 2.75) is 297 Å². The first kappa shape index (κ1) is 65.8. The molecular weight excluding hydrogens is 853 g/mol. The van der Waals surface area contributed by atoms with Gasteiger partial charge in [-0.3, -0.25) is 14.4 Å². The predicted molar refractivity (Wildman–Crippen MR) is 298 cm³/mol. The second-order valence-corrected chi connectivity index (χ2v) is 19.6. The molecule has 1 atom stereocenters. The zero-order valence-electron chi connectivity index (χ0n) is 45.6. The maximum Gasteiger partial charge on any atom is 0.306 e. The fourth-order valence-corrected chi connectivity index (χ4v) is 8.23. The summed E-state index contributed by atoms with van der Waals surface area (Å²) >= 11 is 0. The van der Waals surface area contributed by atoms with Gasteiger partial charge in [0.25, 0.3) is 0 Å². The highest BCUT2D eigenvalue weighted by Gasteiger charge is 2.19. The molecule has 0 unspecified atom stereocenters. The molecule has 0 radical (unpaired) electrons. The van der Waals surface area contributed by atoms with Gasteiger partial charge in [-0.25, -0.2) is 0 Å². The van der Waals surface area contributed by atoms with Gasteiger partial charge in [0, 0.05) is 19.3 Å². The summed E-state index contributed by atoms with van der Waals surface area (Å²) in [5.74, 6) is -0.987. The number of esters is 3. The molecule has 0 heterocycles. The van der Waals surface area contributed by atoms with Crippen LogP contribution in [0.1, 0.15) is 290 Å². The Morgan fingerprint density at radius 1 is 0.290 bits per heavy atom. The quantitative estimate of drug-likeness (QED) is 0.0262. The first-order valence-electron chi connectivity index (χ1n) is 29.4. The minimum Gasteiger partial charge on any atom is -0.462 e. The SMILES string of the molecule is CCCC/C=C\CCCCCCCC(=O)O[C@H](COC(=O)CC/C=C\C/C=C\C/C=C\C/C=C\C/C=C\CCCCC)COC(=O)CCCCCCCCCCCCCCCCCCCCCCC.